The predicted molar refractivity (Wildman–Crippen MR) is 101 cm³/mol. The van der Waals surface area contributed by atoms with E-state index in [9.17, 15) is 4.79 Å². The van der Waals surface area contributed by atoms with Crippen molar-refractivity contribution in [2.24, 2.45) is 7.05 Å². The van der Waals surface area contributed by atoms with E-state index < -0.39 is 0 Å². The SMILES string of the molecule is Cn1cc(-c2ccc3nnc(CC(=O)CN4C5CCC4CC5)cc3c2)nn1. The molecule has 3 aromatic rings. The van der Waals surface area contributed by atoms with Crippen molar-refractivity contribution >= 4 is 16.7 Å². The van der Waals surface area contributed by atoms with Crippen LogP contribution in [0, 0.1) is 0 Å². The normalized spacial score (nSPS) is 22.0. The lowest BCUT2D eigenvalue weighted by Crippen LogP contribution is -2.34. The van der Waals surface area contributed by atoms with Gasteiger partial charge in [-0.25, -0.2) is 0 Å². The number of nitrogens with zero attached hydrogens (tertiary/aromatic N) is 6. The number of aryl methyl sites for hydroxylation is 1. The molecule has 0 unspecified atom stereocenters. The van der Waals surface area contributed by atoms with Crippen LogP contribution < -0.4 is 0 Å². The summed E-state index contributed by atoms with van der Waals surface area (Å²) >= 11 is 0. The molecule has 7 heteroatoms. The first-order valence-electron chi connectivity index (χ1n) is 9.56. The lowest BCUT2D eigenvalue weighted by molar-refractivity contribution is -0.119. The van der Waals surface area contributed by atoms with Gasteiger partial charge in [-0.05, 0) is 43.9 Å². The van der Waals surface area contributed by atoms with E-state index in [0.717, 1.165) is 27.9 Å². The average molecular weight is 362 g/mol. The molecule has 2 bridgehead atoms. The third-order valence-electron chi connectivity index (χ3n) is 5.88. The topological polar surface area (TPSA) is 76.8 Å². The maximum absolute atomic E-state index is 12.6. The summed E-state index contributed by atoms with van der Waals surface area (Å²) in [4.78, 5) is 15.0. The number of fused-ring (bicyclic) bond motifs is 3. The van der Waals surface area contributed by atoms with Gasteiger partial charge < -0.3 is 0 Å². The first kappa shape index (κ1) is 16.5. The van der Waals surface area contributed by atoms with Gasteiger partial charge in [0.2, 0.25) is 0 Å². The lowest BCUT2D eigenvalue weighted by atomic mass is 10.0. The molecule has 138 valence electrons. The third kappa shape index (κ3) is 3.12. The van der Waals surface area contributed by atoms with Crippen molar-refractivity contribution in [3.05, 3.63) is 36.2 Å². The Balaban J connectivity index is 1.35. The first-order valence-corrected chi connectivity index (χ1v) is 9.56. The number of aromatic nitrogens is 5. The Morgan fingerprint density at radius 3 is 2.56 bits per heavy atom. The molecule has 27 heavy (non-hydrogen) atoms. The Morgan fingerprint density at radius 1 is 1.07 bits per heavy atom. The summed E-state index contributed by atoms with van der Waals surface area (Å²) in [6.45, 7) is 0.550. The van der Waals surface area contributed by atoms with Crippen molar-refractivity contribution in [2.45, 2.75) is 44.2 Å². The highest BCUT2D eigenvalue weighted by atomic mass is 16.1. The Labute approximate surface area is 157 Å². The van der Waals surface area contributed by atoms with Gasteiger partial charge in [-0.1, -0.05) is 11.3 Å². The highest BCUT2D eigenvalue weighted by Crippen LogP contribution is 2.37. The van der Waals surface area contributed by atoms with E-state index in [1.165, 1.54) is 25.7 Å². The molecule has 2 aliphatic rings. The van der Waals surface area contributed by atoms with Gasteiger partial charge in [0.25, 0.3) is 0 Å². The molecule has 0 atom stereocenters. The number of Topliss-reactive ketones (excluding diaryl/α,β-unsaturated/α-hetero) is 1. The van der Waals surface area contributed by atoms with Crippen LogP contribution in [0.5, 0.6) is 0 Å². The number of carbonyl (C=O) groups is 1. The average Bonchev–Trinajstić information content (AvgIpc) is 3.37. The second kappa shape index (κ2) is 6.49. The summed E-state index contributed by atoms with van der Waals surface area (Å²) in [7, 11) is 1.85. The smallest absolute Gasteiger partial charge is 0.152 e. The molecule has 0 spiro atoms. The first-order chi connectivity index (χ1) is 13.2. The van der Waals surface area contributed by atoms with Crippen LogP contribution in [-0.4, -0.2) is 54.5 Å². The summed E-state index contributed by atoms with van der Waals surface area (Å²) < 4.78 is 1.68. The van der Waals surface area contributed by atoms with Gasteiger partial charge in [0.1, 0.15) is 5.69 Å². The highest BCUT2D eigenvalue weighted by molar-refractivity contribution is 5.86. The molecule has 2 aromatic heterocycles. The van der Waals surface area contributed by atoms with Crippen LogP contribution in [0.3, 0.4) is 0 Å². The molecule has 7 nitrogen and oxygen atoms in total. The van der Waals surface area contributed by atoms with Crippen LogP contribution in [0.1, 0.15) is 31.4 Å². The molecular weight excluding hydrogens is 340 g/mol. The summed E-state index contributed by atoms with van der Waals surface area (Å²) in [5, 5.41) is 17.7. The van der Waals surface area contributed by atoms with Crippen LogP contribution in [0.25, 0.3) is 22.2 Å². The fraction of sp³-hybridized carbons (Fsp3) is 0.450. The van der Waals surface area contributed by atoms with Crippen molar-refractivity contribution in [3.63, 3.8) is 0 Å². The molecule has 1 aromatic carbocycles. The zero-order chi connectivity index (χ0) is 18.4. The van der Waals surface area contributed by atoms with Crippen molar-refractivity contribution in [1.29, 1.82) is 0 Å². The van der Waals surface area contributed by atoms with Crippen LogP contribution in [0.4, 0.5) is 0 Å². The van der Waals surface area contributed by atoms with E-state index in [2.05, 4.69) is 25.4 Å². The van der Waals surface area contributed by atoms with E-state index in [0.29, 0.717) is 25.0 Å². The van der Waals surface area contributed by atoms with Gasteiger partial charge in [0.15, 0.2) is 5.78 Å². The third-order valence-corrected chi connectivity index (χ3v) is 5.88. The molecule has 2 saturated heterocycles. The van der Waals surface area contributed by atoms with Gasteiger partial charge in [-0.15, -0.1) is 5.10 Å². The molecule has 0 saturated carbocycles. The maximum Gasteiger partial charge on any atom is 0.152 e. The minimum atomic E-state index is 0.229. The second-order valence-electron chi connectivity index (χ2n) is 7.74. The summed E-state index contributed by atoms with van der Waals surface area (Å²) in [5.41, 5.74) is 3.35. The van der Waals surface area contributed by atoms with Crippen LogP contribution in [0.2, 0.25) is 0 Å². The van der Waals surface area contributed by atoms with Crippen molar-refractivity contribution in [1.82, 2.24) is 30.1 Å². The molecule has 4 heterocycles. The Morgan fingerprint density at radius 2 is 1.85 bits per heavy atom. The Hall–Kier alpha value is -2.67. The predicted octanol–water partition coefficient (Wildman–Crippen LogP) is 2.16. The van der Waals surface area contributed by atoms with E-state index in [1.807, 2.05) is 37.5 Å². The summed E-state index contributed by atoms with van der Waals surface area (Å²) in [5.74, 6) is 0.229. The Bertz CT molecular complexity index is 993. The van der Waals surface area contributed by atoms with Gasteiger partial charge in [0.05, 0.1) is 30.4 Å². The van der Waals surface area contributed by atoms with E-state index in [4.69, 9.17) is 0 Å². The summed E-state index contributed by atoms with van der Waals surface area (Å²) in [6, 6.07) is 9.14. The fourth-order valence-electron chi connectivity index (χ4n) is 4.55. The molecule has 0 amide bonds. The molecule has 0 radical (unpaired) electrons. The molecule has 0 aliphatic carbocycles. The lowest BCUT2D eigenvalue weighted by Gasteiger charge is -2.20. The van der Waals surface area contributed by atoms with Gasteiger partial charge in [0, 0.05) is 30.1 Å². The van der Waals surface area contributed by atoms with E-state index >= 15 is 0 Å². The minimum absolute atomic E-state index is 0.229. The number of hydrogen-bond donors (Lipinski definition) is 0. The number of benzene rings is 1. The molecule has 5 rings (SSSR count). The van der Waals surface area contributed by atoms with Crippen LogP contribution in [-0.2, 0) is 18.3 Å². The fourth-order valence-corrected chi connectivity index (χ4v) is 4.55. The van der Waals surface area contributed by atoms with Crippen molar-refractivity contribution in [3.8, 4) is 11.3 Å². The molecule has 0 N–H and O–H groups in total. The van der Waals surface area contributed by atoms with E-state index in [1.54, 1.807) is 4.68 Å². The number of ketones is 1. The number of hydrogen-bond acceptors (Lipinski definition) is 6. The molecule has 2 fully saturated rings. The largest absolute Gasteiger partial charge is 0.298 e. The molecule has 2 aliphatic heterocycles. The summed E-state index contributed by atoms with van der Waals surface area (Å²) in [6.07, 6.45) is 7.22. The number of rotatable bonds is 5. The highest BCUT2D eigenvalue weighted by Gasteiger charge is 2.39. The van der Waals surface area contributed by atoms with Crippen LogP contribution in [0.15, 0.2) is 30.5 Å². The van der Waals surface area contributed by atoms with Crippen LogP contribution >= 0.6 is 0 Å². The second-order valence-corrected chi connectivity index (χ2v) is 7.74. The molecular formula is C20H22N6O. The standard InChI is InChI=1S/C20H22N6O/c1-25-12-20(23-24-25)13-2-7-19-14(8-13)9-15(21-22-19)10-18(27)11-26-16-3-4-17(26)6-5-16/h2,7-9,12,16-17H,3-6,10-11H2,1H3. The van der Waals surface area contributed by atoms with E-state index in [-0.39, 0.29) is 5.78 Å². The number of carbonyl (C=O) groups excluding carboxylic acids is 1. The minimum Gasteiger partial charge on any atom is -0.298 e. The monoisotopic (exact) mass is 362 g/mol. The van der Waals surface area contributed by atoms with Gasteiger partial charge >= 0.3 is 0 Å². The van der Waals surface area contributed by atoms with Crippen molar-refractivity contribution < 1.29 is 4.79 Å². The van der Waals surface area contributed by atoms with Crippen molar-refractivity contribution in [2.75, 3.05) is 6.54 Å². The zero-order valence-corrected chi connectivity index (χ0v) is 15.4. The zero-order valence-electron chi connectivity index (χ0n) is 15.4. The van der Waals surface area contributed by atoms with Gasteiger partial charge in [-0.3, -0.25) is 14.4 Å². The van der Waals surface area contributed by atoms with Gasteiger partial charge in [-0.2, -0.15) is 10.2 Å². The Kier molecular flexibility index (Phi) is 3.97. The quantitative estimate of drug-likeness (QED) is 0.692. The maximum atomic E-state index is 12.6.